The molecule has 0 aliphatic rings. The summed E-state index contributed by atoms with van der Waals surface area (Å²) in [6, 6.07) is 8.65. The molecule has 0 saturated carbocycles. The lowest BCUT2D eigenvalue weighted by Gasteiger charge is -2.07. The Hall–Kier alpha value is -1.96. The van der Waals surface area contributed by atoms with Gasteiger partial charge in [-0.1, -0.05) is 34.7 Å². The number of hydrogen-bond acceptors (Lipinski definition) is 6. The monoisotopic (exact) mass is 348 g/mol. The van der Waals surface area contributed by atoms with Crippen molar-refractivity contribution < 1.29 is 4.79 Å². The maximum Gasteiger partial charge on any atom is 0.255 e. The van der Waals surface area contributed by atoms with Crippen molar-refractivity contribution in [3.8, 4) is 0 Å². The fraction of sp³-hybridized carbons (Fsp3) is 0. The van der Waals surface area contributed by atoms with Crippen LogP contribution in [0.3, 0.4) is 0 Å². The summed E-state index contributed by atoms with van der Waals surface area (Å²) in [5.74, 6) is -0.206. The minimum Gasteiger partial charge on any atom is -0.322 e. The lowest BCUT2D eigenvalue weighted by Crippen LogP contribution is -2.11. The molecule has 0 atom stereocenters. The van der Waals surface area contributed by atoms with E-state index in [1.165, 1.54) is 23.1 Å². The van der Waals surface area contributed by atoms with Crippen molar-refractivity contribution in [2.45, 2.75) is 9.24 Å². The summed E-state index contributed by atoms with van der Waals surface area (Å²) in [6.07, 6.45) is 3.15. The van der Waals surface area contributed by atoms with Gasteiger partial charge in [0.05, 0.1) is 5.02 Å². The Morgan fingerprint density at radius 3 is 2.73 bits per heavy atom. The highest BCUT2D eigenvalue weighted by Gasteiger charge is 2.09. The quantitative estimate of drug-likeness (QED) is 0.772. The molecule has 0 saturated heterocycles. The van der Waals surface area contributed by atoms with Crippen molar-refractivity contribution in [1.29, 1.82) is 0 Å². The predicted molar refractivity (Wildman–Crippen MR) is 87.7 cm³/mol. The van der Waals surface area contributed by atoms with Gasteiger partial charge < -0.3 is 5.32 Å². The lowest BCUT2D eigenvalue weighted by molar-refractivity contribution is 0.102. The second kappa shape index (κ2) is 6.87. The average molecular weight is 349 g/mol. The van der Waals surface area contributed by atoms with Crippen LogP contribution in [-0.2, 0) is 0 Å². The zero-order valence-electron chi connectivity index (χ0n) is 11.1. The number of anilines is 1. The van der Waals surface area contributed by atoms with Crippen LogP contribution in [0.2, 0.25) is 5.02 Å². The molecule has 0 aliphatic heterocycles. The summed E-state index contributed by atoms with van der Waals surface area (Å²) in [6.45, 7) is 0. The first-order chi connectivity index (χ1) is 10.7. The predicted octanol–water partition coefficient (Wildman–Crippen LogP) is 3.99. The second-order valence-electron chi connectivity index (χ2n) is 4.14. The number of rotatable bonds is 4. The van der Waals surface area contributed by atoms with E-state index in [1.807, 2.05) is 6.07 Å². The van der Waals surface area contributed by atoms with Gasteiger partial charge in [-0.05, 0) is 30.3 Å². The minimum absolute atomic E-state index is 0.206. The molecule has 0 radical (unpaired) electrons. The number of pyridine rings is 1. The van der Waals surface area contributed by atoms with Crippen molar-refractivity contribution in [3.63, 3.8) is 0 Å². The standard InChI is InChI=1S/C14H9ClN4OS2/c15-11-7-10(18-13(20)9-3-5-16-6-4-9)1-2-12(11)22-14-19-17-8-21-14/h1-8H,(H,18,20). The first-order valence-electron chi connectivity index (χ1n) is 6.17. The topological polar surface area (TPSA) is 67.8 Å². The van der Waals surface area contributed by atoms with E-state index >= 15 is 0 Å². The molecule has 1 amide bonds. The normalized spacial score (nSPS) is 10.4. The van der Waals surface area contributed by atoms with Gasteiger partial charge in [0.25, 0.3) is 5.91 Å². The number of nitrogens with zero attached hydrogens (tertiary/aromatic N) is 3. The van der Waals surface area contributed by atoms with Gasteiger partial charge in [-0.25, -0.2) is 0 Å². The molecule has 3 aromatic rings. The minimum atomic E-state index is -0.206. The van der Waals surface area contributed by atoms with Gasteiger partial charge in [-0.15, -0.1) is 10.2 Å². The molecule has 1 aromatic carbocycles. The molecular weight excluding hydrogens is 340 g/mol. The third-order valence-corrected chi connectivity index (χ3v) is 4.95. The van der Waals surface area contributed by atoms with Crippen LogP contribution >= 0.6 is 34.7 Å². The SMILES string of the molecule is O=C(Nc1ccc(Sc2nncs2)c(Cl)c1)c1ccncc1. The largest absolute Gasteiger partial charge is 0.322 e. The van der Waals surface area contributed by atoms with Gasteiger partial charge >= 0.3 is 0 Å². The maximum absolute atomic E-state index is 12.1. The van der Waals surface area contributed by atoms with Crippen LogP contribution in [-0.4, -0.2) is 21.1 Å². The molecule has 8 heteroatoms. The molecule has 0 aliphatic carbocycles. The fourth-order valence-corrected chi connectivity index (χ4v) is 3.40. The number of aromatic nitrogens is 3. The van der Waals surface area contributed by atoms with Gasteiger partial charge in [0.1, 0.15) is 5.51 Å². The molecule has 1 N–H and O–H groups in total. The number of halogens is 1. The van der Waals surface area contributed by atoms with Crippen LogP contribution in [0, 0.1) is 0 Å². The highest BCUT2D eigenvalue weighted by Crippen LogP contribution is 2.35. The van der Waals surface area contributed by atoms with E-state index < -0.39 is 0 Å². The average Bonchev–Trinajstić information content (AvgIpc) is 3.04. The smallest absolute Gasteiger partial charge is 0.255 e. The Bertz CT molecular complexity index is 781. The van der Waals surface area contributed by atoms with Crippen molar-refractivity contribution in [3.05, 3.63) is 58.8 Å². The Labute approximate surface area is 139 Å². The molecule has 0 spiro atoms. The van der Waals surface area contributed by atoms with Crippen molar-refractivity contribution in [1.82, 2.24) is 15.2 Å². The van der Waals surface area contributed by atoms with E-state index in [9.17, 15) is 4.79 Å². The Kier molecular flexibility index (Phi) is 4.67. The van der Waals surface area contributed by atoms with Crippen molar-refractivity contribution in [2.75, 3.05) is 5.32 Å². The van der Waals surface area contributed by atoms with Gasteiger partial charge in [0.15, 0.2) is 4.34 Å². The van der Waals surface area contributed by atoms with Crippen LogP contribution in [0.5, 0.6) is 0 Å². The van der Waals surface area contributed by atoms with Crippen molar-refractivity contribution in [2.24, 2.45) is 0 Å². The molecule has 0 unspecified atom stereocenters. The summed E-state index contributed by atoms with van der Waals surface area (Å²) in [7, 11) is 0. The molecule has 3 rings (SSSR count). The molecule has 2 heterocycles. The fourth-order valence-electron chi connectivity index (χ4n) is 1.67. The summed E-state index contributed by atoms with van der Waals surface area (Å²) >= 11 is 9.13. The van der Waals surface area contributed by atoms with Crippen LogP contribution in [0.4, 0.5) is 5.69 Å². The summed E-state index contributed by atoms with van der Waals surface area (Å²) in [5, 5.41) is 11.1. The van der Waals surface area contributed by atoms with E-state index in [2.05, 4.69) is 20.5 Å². The van der Waals surface area contributed by atoms with Gasteiger partial charge in [-0.3, -0.25) is 9.78 Å². The number of amides is 1. The molecule has 0 fully saturated rings. The van der Waals surface area contributed by atoms with Crippen LogP contribution in [0.1, 0.15) is 10.4 Å². The van der Waals surface area contributed by atoms with Gasteiger partial charge in [-0.2, -0.15) is 0 Å². The van der Waals surface area contributed by atoms with E-state index in [4.69, 9.17) is 11.6 Å². The Morgan fingerprint density at radius 1 is 1.23 bits per heavy atom. The number of benzene rings is 1. The molecular formula is C14H9ClN4OS2. The number of carbonyl (C=O) groups is 1. The molecule has 110 valence electrons. The molecule has 0 bridgehead atoms. The van der Waals surface area contributed by atoms with E-state index in [0.717, 1.165) is 9.24 Å². The second-order valence-corrected chi connectivity index (χ2v) is 6.67. The molecule has 5 nitrogen and oxygen atoms in total. The summed E-state index contributed by atoms with van der Waals surface area (Å²) in [4.78, 5) is 16.8. The van der Waals surface area contributed by atoms with Crippen molar-refractivity contribution >= 4 is 46.3 Å². The third kappa shape index (κ3) is 3.62. The zero-order chi connectivity index (χ0) is 15.4. The highest BCUT2D eigenvalue weighted by molar-refractivity contribution is 8.01. The summed E-state index contributed by atoms with van der Waals surface area (Å²) < 4.78 is 0.815. The molecule has 22 heavy (non-hydrogen) atoms. The molecule has 2 aromatic heterocycles. The van der Waals surface area contributed by atoms with Gasteiger partial charge in [0, 0.05) is 28.5 Å². The first-order valence-corrected chi connectivity index (χ1v) is 8.25. The van der Waals surface area contributed by atoms with Crippen LogP contribution in [0.15, 0.2) is 57.5 Å². The third-order valence-electron chi connectivity index (χ3n) is 2.67. The zero-order valence-corrected chi connectivity index (χ0v) is 13.5. The Balaban J connectivity index is 1.73. The highest BCUT2D eigenvalue weighted by atomic mass is 35.5. The Morgan fingerprint density at radius 2 is 2.05 bits per heavy atom. The summed E-state index contributed by atoms with van der Waals surface area (Å²) in [5.41, 5.74) is 2.84. The van der Waals surface area contributed by atoms with Gasteiger partial charge in [0.2, 0.25) is 0 Å². The number of nitrogens with one attached hydrogen (secondary N) is 1. The number of hydrogen-bond donors (Lipinski definition) is 1. The maximum atomic E-state index is 12.1. The van der Waals surface area contributed by atoms with Crippen LogP contribution in [0.25, 0.3) is 0 Å². The van der Waals surface area contributed by atoms with E-state index in [1.54, 1.807) is 42.2 Å². The van der Waals surface area contributed by atoms with E-state index in [-0.39, 0.29) is 5.91 Å². The van der Waals surface area contributed by atoms with Crippen LogP contribution < -0.4 is 5.32 Å². The first kappa shape index (κ1) is 15.0. The van der Waals surface area contributed by atoms with E-state index in [0.29, 0.717) is 16.3 Å². The lowest BCUT2D eigenvalue weighted by atomic mass is 10.2. The number of carbonyl (C=O) groups excluding carboxylic acids is 1.